The van der Waals surface area contributed by atoms with Gasteiger partial charge in [0.15, 0.2) is 0 Å². The highest BCUT2D eigenvalue weighted by molar-refractivity contribution is 7.99. The fourth-order valence-corrected chi connectivity index (χ4v) is 4.32. The molecule has 2 saturated heterocycles. The normalized spacial score (nSPS) is 19.2. The van der Waals surface area contributed by atoms with E-state index in [9.17, 15) is 9.59 Å². The molecule has 0 radical (unpaired) electrons. The van der Waals surface area contributed by atoms with Crippen LogP contribution in [0.25, 0.3) is 0 Å². The van der Waals surface area contributed by atoms with Crippen molar-refractivity contribution in [3.8, 4) is 0 Å². The molecule has 1 aromatic carbocycles. The molecule has 8 heteroatoms. The summed E-state index contributed by atoms with van der Waals surface area (Å²) in [5, 5.41) is 3.57. The topological polar surface area (TPSA) is 55.9 Å². The van der Waals surface area contributed by atoms with Crippen LogP contribution in [-0.4, -0.2) is 78.6 Å². The number of nitrogens with zero attached hydrogens (tertiary/aromatic N) is 3. The Morgan fingerprint density at radius 1 is 1.08 bits per heavy atom. The van der Waals surface area contributed by atoms with Crippen molar-refractivity contribution in [3.63, 3.8) is 0 Å². The van der Waals surface area contributed by atoms with E-state index >= 15 is 0 Å². The van der Waals surface area contributed by atoms with E-state index in [4.69, 9.17) is 11.6 Å². The summed E-state index contributed by atoms with van der Waals surface area (Å²) in [5.41, 5.74) is 1.07. The van der Waals surface area contributed by atoms with Gasteiger partial charge in [0, 0.05) is 61.5 Å². The number of urea groups is 1. The number of piperazine rings is 1. The fourth-order valence-electron chi connectivity index (χ4n) is 3.24. The van der Waals surface area contributed by atoms with Crippen molar-refractivity contribution in [2.75, 3.05) is 55.7 Å². The van der Waals surface area contributed by atoms with Gasteiger partial charge in [0.1, 0.15) is 6.04 Å². The Morgan fingerprint density at radius 2 is 1.77 bits per heavy atom. The molecule has 2 aliphatic heterocycles. The van der Waals surface area contributed by atoms with Crippen LogP contribution in [0.2, 0.25) is 5.02 Å². The first-order chi connectivity index (χ1) is 12.5. The fraction of sp³-hybridized carbons (Fsp3) is 0.556. The summed E-state index contributed by atoms with van der Waals surface area (Å²) in [6.45, 7) is 6.05. The molecular weight excluding hydrogens is 372 g/mol. The predicted molar refractivity (Wildman–Crippen MR) is 107 cm³/mol. The van der Waals surface area contributed by atoms with Gasteiger partial charge < -0.3 is 20.0 Å². The van der Waals surface area contributed by atoms with Crippen LogP contribution < -0.4 is 10.2 Å². The van der Waals surface area contributed by atoms with Crippen LogP contribution in [-0.2, 0) is 4.79 Å². The number of nitrogens with one attached hydrogen (secondary N) is 1. The van der Waals surface area contributed by atoms with E-state index < -0.39 is 6.04 Å². The Labute approximate surface area is 163 Å². The van der Waals surface area contributed by atoms with E-state index in [1.165, 1.54) is 0 Å². The largest absolute Gasteiger partial charge is 0.368 e. The second kappa shape index (κ2) is 8.86. The molecule has 0 aromatic heterocycles. The summed E-state index contributed by atoms with van der Waals surface area (Å²) in [7, 11) is 0. The molecule has 142 valence electrons. The van der Waals surface area contributed by atoms with E-state index in [2.05, 4.69) is 10.2 Å². The van der Waals surface area contributed by atoms with Crippen LogP contribution in [0.4, 0.5) is 10.5 Å². The van der Waals surface area contributed by atoms with Crippen LogP contribution in [0.15, 0.2) is 24.3 Å². The van der Waals surface area contributed by atoms with Crippen molar-refractivity contribution in [1.29, 1.82) is 0 Å². The van der Waals surface area contributed by atoms with Crippen molar-refractivity contribution in [3.05, 3.63) is 29.3 Å². The van der Waals surface area contributed by atoms with Gasteiger partial charge in [-0.25, -0.2) is 4.79 Å². The molecule has 0 unspecified atom stereocenters. The molecule has 1 N–H and O–H groups in total. The minimum Gasteiger partial charge on any atom is -0.368 e. The molecule has 0 aliphatic carbocycles. The van der Waals surface area contributed by atoms with Crippen LogP contribution in [0.3, 0.4) is 0 Å². The van der Waals surface area contributed by atoms with Gasteiger partial charge in [0.05, 0.1) is 0 Å². The lowest BCUT2D eigenvalue weighted by Gasteiger charge is -2.37. The van der Waals surface area contributed by atoms with Crippen molar-refractivity contribution >= 4 is 41.0 Å². The molecule has 26 heavy (non-hydrogen) atoms. The van der Waals surface area contributed by atoms with Crippen LogP contribution in [0.1, 0.15) is 6.92 Å². The molecule has 0 bridgehead atoms. The zero-order chi connectivity index (χ0) is 18.5. The summed E-state index contributed by atoms with van der Waals surface area (Å²) in [5.74, 6) is 1.95. The number of carbonyl (C=O) groups excluding carboxylic acids is 2. The number of anilines is 1. The number of hydrogen-bond donors (Lipinski definition) is 1. The number of amides is 3. The molecule has 1 atom stereocenters. The molecule has 0 spiro atoms. The van der Waals surface area contributed by atoms with E-state index in [0.29, 0.717) is 18.1 Å². The standard InChI is InChI=1S/C18H25ClN4O2S/c1-14(17(24)22-9-11-26-12-10-22)20-18(25)23-7-5-21(6-8-23)16-4-2-3-15(19)13-16/h2-4,13-14H,5-12H2,1H3,(H,20,25)/t14-/m1/s1. The third-order valence-electron chi connectivity index (χ3n) is 4.77. The SMILES string of the molecule is C[C@@H](NC(=O)N1CCN(c2cccc(Cl)c2)CC1)C(=O)N1CCSCC1. The smallest absolute Gasteiger partial charge is 0.318 e. The van der Waals surface area contributed by atoms with Gasteiger partial charge in [-0.1, -0.05) is 17.7 Å². The van der Waals surface area contributed by atoms with Gasteiger partial charge in [-0.3, -0.25) is 4.79 Å². The zero-order valence-electron chi connectivity index (χ0n) is 15.0. The van der Waals surface area contributed by atoms with Crippen LogP contribution in [0, 0.1) is 0 Å². The van der Waals surface area contributed by atoms with Crippen LogP contribution >= 0.6 is 23.4 Å². The summed E-state index contributed by atoms with van der Waals surface area (Å²) in [6.07, 6.45) is 0. The van der Waals surface area contributed by atoms with Gasteiger partial charge in [-0.2, -0.15) is 11.8 Å². The van der Waals surface area contributed by atoms with Crippen LogP contribution in [0.5, 0.6) is 0 Å². The number of thioether (sulfide) groups is 1. The molecule has 2 aliphatic rings. The van der Waals surface area contributed by atoms with Crippen molar-refractivity contribution in [2.24, 2.45) is 0 Å². The maximum atomic E-state index is 12.5. The predicted octanol–water partition coefficient (Wildman–Crippen LogP) is 2.14. The lowest BCUT2D eigenvalue weighted by molar-refractivity contribution is -0.132. The Kier molecular flexibility index (Phi) is 6.53. The molecular formula is C18H25ClN4O2S. The number of benzene rings is 1. The summed E-state index contributed by atoms with van der Waals surface area (Å²) in [6, 6.07) is 7.10. The number of halogens is 1. The highest BCUT2D eigenvalue weighted by Crippen LogP contribution is 2.20. The second-order valence-corrected chi connectivity index (χ2v) is 8.22. The Morgan fingerprint density at radius 3 is 2.42 bits per heavy atom. The lowest BCUT2D eigenvalue weighted by atomic mass is 10.2. The van der Waals surface area contributed by atoms with Gasteiger partial charge in [0.25, 0.3) is 0 Å². The first-order valence-electron chi connectivity index (χ1n) is 8.97. The summed E-state index contributed by atoms with van der Waals surface area (Å²) < 4.78 is 0. The summed E-state index contributed by atoms with van der Waals surface area (Å²) in [4.78, 5) is 30.8. The first-order valence-corrected chi connectivity index (χ1v) is 10.5. The molecule has 1 aromatic rings. The highest BCUT2D eigenvalue weighted by atomic mass is 35.5. The van der Waals surface area contributed by atoms with Crippen molar-refractivity contribution < 1.29 is 9.59 Å². The van der Waals surface area contributed by atoms with Gasteiger partial charge in [0.2, 0.25) is 5.91 Å². The first kappa shape index (κ1) is 19.2. The zero-order valence-corrected chi connectivity index (χ0v) is 16.6. The number of carbonyl (C=O) groups is 2. The van der Waals surface area contributed by atoms with Gasteiger partial charge in [-0.15, -0.1) is 0 Å². The number of rotatable bonds is 3. The Hall–Kier alpha value is -1.60. The monoisotopic (exact) mass is 396 g/mol. The molecule has 3 amide bonds. The van der Waals surface area contributed by atoms with Crippen molar-refractivity contribution in [1.82, 2.24) is 15.1 Å². The van der Waals surface area contributed by atoms with E-state index in [-0.39, 0.29) is 11.9 Å². The maximum absolute atomic E-state index is 12.5. The average molecular weight is 397 g/mol. The molecule has 2 heterocycles. The van der Waals surface area contributed by atoms with Crippen molar-refractivity contribution in [2.45, 2.75) is 13.0 Å². The maximum Gasteiger partial charge on any atom is 0.318 e. The number of hydrogen-bond acceptors (Lipinski definition) is 4. The van der Waals surface area contributed by atoms with E-state index in [0.717, 1.165) is 43.4 Å². The molecule has 0 saturated carbocycles. The molecule has 3 rings (SSSR count). The summed E-state index contributed by atoms with van der Waals surface area (Å²) >= 11 is 7.92. The lowest BCUT2D eigenvalue weighted by Crippen LogP contribution is -2.56. The Bertz CT molecular complexity index is 646. The van der Waals surface area contributed by atoms with Gasteiger partial charge in [-0.05, 0) is 25.1 Å². The van der Waals surface area contributed by atoms with Gasteiger partial charge >= 0.3 is 6.03 Å². The third kappa shape index (κ3) is 4.76. The molecule has 2 fully saturated rings. The third-order valence-corrected chi connectivity index (χ3v) is 5.95. The van der Waals surface area contributed by atoms with E-state index in [1.54, 1.807) is 11.8 Å². The average Bonchev–Trinajstić information content (AvgIpc) is 2.68. The highest BCUT2D eigenvalue weighted by Gasteiger charge is 2.27. The Balaban J connectivity index is 1.48. The molecule has 6 nitrogen and oxygen atoms in total. The minimum atomic E-state index is -0.489. The van der Waals surface area contributed by atoms with E-state index in [1.807, 2.05) is 40.9 Å². The minimum absolute atomic E-state index is 0.0104. The quantitative estimate of drug-likeness (QED) is 0.850. The second-order valence-electron chi connectivity index (χ2n) is 6.56.